The Morgan fingerprint density at radius 1 is 1.57 bits per heavy atom. The normalized spacial score (nSPS) is 16.4. The van der Waals surface area contributed by atoms with Gasteiger partial charge in [-0.1, -0.05) is 6.07 Å². The fraction of sp³-hybridized carbons (Fsp3) is 0.500. The average molecular weight is 194 g/mol. The van der Waals surface area contributed by atoms with E-state index >= 15 is 0 Å². The summed E-state index contributed by atoms with van der Waals surface area (Å²) in [4.78, 5) is 4.20. The molecule has 1 N–H and O–H groups in total. The minimum Gasteiger partial charge on any atom is -0.469 e. The first kappa shape index (κ1) is 9.43. The number of hydrogen-bond donors (Lipinski definition) is 1. The number of rotatable bonds is 4. The predicted molar refractivity (Wildman–Crippen MR) is 52.2 cm³/mol. The highest BCUT2D eigenvalue weighted by Gasteiger charge is 2.20. The fourth-order valence-corrected chi connectivity index (χ4v) is 1.24. The molecule has 1 aliphatic heterocycles. The van der Waals surface area contributed by atoms with Crippen molar-refractivity contribution in [3.63, 3.8) is 0 Å². The van der Waals surface area contributed by atoms with Crippen LogP contribution < -0.4 is 10.1 Å². The molecule has 4 heteroatoms. The molecule has 0 atom stereocenters. The Hall–Kier alpha value is -1.13. The molecule has 2 rings (SSSR count). The summed E-state index contributed by atoms with van der Waals surface area (Å²) in [5, 5.41) is 3.07. The summed E-state index contributed by atoms with van der Waals surface area (Å²) in [7, 11) is 1.91. The van der Waals surface area contributed by atoms with Gasteiger partial charge in [0.2, 0.25) is 5.88 Å². The van der Waals surface area contributed by atoms with E-state index in [9.17, 15) is 0 Å². The third-order valence-electron chi connectivity index (χ3n) is 2.07. The number of pyridine rings is 1. The standard InChI is InChI=1S/C10H14N2O2/c1-11-4-8-2-3-10(12-5-8)14-9-6-13-7-9/h2-3,5,9,11H,4,6-7H2,1H3. The molecule has 1 saturated heterocycles. The maximum absolute atomic E-state index is 5.53. The van der Waals surface area contributed by atoms with Crippen molar-refractivity contribution in [3.05, 3.63) is 23.9 Å². The molecule has 0 spiro atoms. The van der Waals surface area contributed by atoms with Crippen LogP contribution >= 0.6 is 0 Å². The molecule has 1 aromatic rings. The van der Waals surface area contributed by atoms with Gasteiger partial charge in [-0.2, -0.15) is 0 Å². The van der Waals surface area contributed by atoms with E-state index in [2.05, 4.69) is 10.3 Å². The molecule has 0 bridgehead atoms. The largest absolute Gasteiger partial charge is 0.469 e. The second kappa shape index (κ2) is 4.39. The van der Waals surface area contributed by atoms with Crippen LogP contribution in [0.5, 0.6) is 5.88 Å². The number of aromatic nitrogens is 1. The van der Waals surface area contributed by atoms with Crippen LogP contribution in [0, 0.1) is 0 Å². The van der Waals surface area contributed by atoms with E-state index in [1.165, 1.54) is 0 Å². The molecule has 2 heterocycles. The van der Waals surface area contributed by atoms with E-state index in [0.717, 1.165) is 12.1 Å². The lowest BCUT2D eigenvalue weighted by molar-refractivity contribution is -0.0813. The zero-order valence-electron chi connectivity index (χ0n) is 8.19. The fourth-order valence-electron chi connectivity index (χ4n) is 1.24. The van der Waals surface area contributed by atoms with Crippen LogP contribution in [0.25, 0.3) is 0 Å². The SMILES string of the molecule is CNCc1ccc(OC2COC2)nc1. The van der Waals surface area contributed by atoms with Crippen LogP contribution in [0.1, 0.15) is 5.56 Å². The van der Waals surface area contributed by atoms with E-state index in [-0.39, 0.29) is 6.10 Å². The molecular formula is C10H14N2O2. The predicted octanol–water partition coefficient (Wildman–Crippen LogP) is 0.579. The van der Waals surface area contributed by atoms with Gasteiger partial charge in [0.1, 0.15) is 6.10 Å². The Kier molecular flexibility index (Phi) is 2.96. The summed E-state index contributed by atoms with van der Waals surface area (Å²) in [5.41, 5.74) is 1.16. The van der Waals surface area contributed by atoms with Crippen molar-refractivity contribution >= 4 is 0 Å². The van der Waals surface area contributed by atoms with Crippen LogP contribution in [0.3, 0.4) is 0 Å². The molecule has 0 aromatic carbocycles. The minimum absolute atomic E-state index is 0.192. The highest BCUT2D eigenvalue weighted by Crippen LogP contribution is 2.13. The second-order valence-corrected chi connectivity index (χ2v) is 3.31. The lowest BCUT2D eigenvalue weighted by Crippen LogP contribution is -2.38. The zero-order chi connectivity index (χ0) is 9.80. The van der Waals surface area contributed by atoms with Crippen molar-refractivity contribution in [2.24, 2.45) is 0 Å². The van der Waals surface area contributed by atoms with Gasteiger partial charge in [0.15, 0.2) is 0 Å². The van der Waals surface area contributed by atoms with E-state index in [1.807, 2.05) is 25.4 Å². The molecule has 0 amide bonds. The second-order valence-electron chi connectivity index (χ2n) is 3.31. The highest BCUT2D eigenvalue weighted by atomic mass is 16.6. The molecule has 0 radical (unpaired) electrons. The van der Waals surface area contributed by atoms with Crippen LogP contribution in [0.4, 0.5) is 0 Å². The molecule has 0 unspecified atom stereocenters. The average Bonchev–Trinajstić information content (AvgIpc) is 2.14. The van der Waals surface area contributed by atoms with Gasteiger partial charge < -0.3 is 14.8 Å². The number of hydrogen-bond acceptors (Lipinski definition) is 4. The van der Waals surface area contributed by atoms with Crippen molar-refractivity contribution in [1.82, 2.24) is 10.3 Å². The molecular weight excluding hydrogens is 180 g/mol. The Bertz CT molecular complexity index is 283. The first-order valence-corrected chi connectivity index (χ1v) is 4.72. The number of ether oxygens (including phenoxy) is 2. The highest BCUT2D eigenvalue weighted by molar-refractivity contribution is 5.18. The zero-order valence-corrected chi connectivity index (χ0v) is 8.19. The monoisotopic (exact) mass is 194 g/mol. The Balaban J connectivity index is 1.91. The number of nitrogens with one attached hydrogen (secondary N) is 1. The first-order chi connectivity index (χ1) is 6.88. The minimum atomic E-state index is 0.192. The van der Waals surface area contributed by atoms with Gasteiger partial charge in [0.05, 0.1) is 13.2 Å². The van der Waals surface area contributed by atoms with Crippen molar-refractivity contribution < 1.29 is 9.47 Å². The van der Waals surface area contributed by atoms with E-state index in [0.29, 0.717) is 19.1 Å². The smallest absolute Gasteiger partial charge is 0.213 e. The Labute approximate surface area is 83.2 Å². The molecule has 76 valence electrons. The van der Waals surface area contributed by atoms with Crippen LogP contribution in [-0.2, 0) is 11.3 Å². The lowest BCUT2D eigenvalue weighted by atomic mass is 10.3. The maximum atomic E-state index is 5.53. The maximum Gasteiger partial charge on any atom is 0.213 e. The molecule has 1 aromatic heterocycles. The van der Waals surface area contributed by atoms with E-state index in [4.69, 9.17) is 9.47 Å². The summed E-state index contributed by atoms with van der Waals surface area (Å²) >= 11 is 0. The van der Waals surface area contributed by atoms with Gasteiger partial charge in [0, 0.05) is 18.8 Å². The third-order valence-corrected chi connectivity index (χ3v) is 2.07. The lowest BCUT2D eigenvalue weighted by Gasteiger charge is -2.26. The van der Waals surface area contributed by atoms with Crippen LogP contribution in [-0.4, -0.2) is 31.3 Å². The Morgan fingerprint density at radius 2 is 2.43 bits per heavy atom. The third kappa shape index (κ3) is 2.21. The van der Waals surface area contributed by atoms with E-state index in [1.54, 1.807) is 0 Å². The summed E-state index contributed by atoms with van der Waals surface area (Å²) in [5.74, 6) is 0.679. The van der Waals surface area contributed by atoms with Crippen molar-refractivity contribution in [3.8, 4) is 5.88 Å². The van der Waals surface area contributed by atoms with Gasteiger partial charge in [-0.05, 0) is 12.6 Å². The summed E-state index contributed by atoms with van der Waals surface area (Å²) in [6.45, 7) is 2.19. The quantitative estimate of drug-likeness (QED) is 0.761. The summed E-state index contributed by atoms with van der Waals surface area (Å²) < 4.78 is 10.5. The van der Waals surface area contributed by atoms with Gasteiger partial charge in [-0.15, -0.1) is 0 Å². The van der Waals surface area contributed by atoms with Crippen molar-refractivity contribution in [2.75, 3.05) is 20.3 Å². The molecule has 1 aliphatic rings. The topological polar surface area (TPSA) is 43.4 Å². The number of nitrogens with zero attached hydrogens (tertiary/aromatic N) is 1. The first-order valence-electron chi connectivity index (χ1n) is 4.72. The van der Waals surface area contributed by atoms with Crippen LogP contribution in [0.15, 0.2) is 18.3 Å². The molecule has 0 saturated carbocycles. The summed E-state index contributed by atoms with van der Waals surface area (Å²) in [6.07, 6.45) is 2.02. The van der Waals surface area contributed by atoms with Crippen molar-refractivity contribution in [1.29, 1.82) is 0 Å². The van der Waals surface area contributed by atoms with E-state index < -0.39 is 0 Å². The van der Waals surface area contributed by atoms with Gasteiger partial charge in [-0.3, -0.25) is 0 Å². The Morgan fingerprint density at radius 3 is 2.93 bits per heavy atom. The van der Waals surface area contributed by atoms with Crippen LogP contribution in [0.2, 0.25) is 0 Å². The van der Waals surface area contributed by atoms with Gasteiger partial charge >= 0.3 is 0 Å². The molecule has 14 heavy (non-hydrogen) atoms. The van der Waals surface area contributed by atoms with Gasteiger partial charge in [0.25, 0.3) is 0 Å². The summed E-state index contributed by atoms with van der Waals surface area (Å²) in [6, 6.07) is 3.91. The van der Waals surface area contributed by atoms with Crippen molar-refractivity contribution in [2.45, 2.75) is 12.6 Å². The molecule has 1 fully saturated rings. The van der Waals surface area contributed by atoms with Gasteiger partial charge in [-0.25, -0.2) is 4.98 Å². The molecule has 4 nitrogen and oxygen atoms in total. The molecule has 0 aliphatic carbocycles.